The lowest BCUT2D eigenvalue weighted by Gasteiger charge is -2.29. The SMILES string of the molecule is NCCCn1cc(-c2ccc(OC(F)(F)F)cc2)c2cc(CN3CCC(O)CC3)ccc21. The Kier molecular flexibility index (Phi) is 6.74. The van der Waals surface area contributed by atoms with Crippen LogP contribution in [0.5, 0.6) is 5.75 Å². The molecule has 5 nitrogen and oxygen atoms in total. The van der Waals surface area contributed by atoms with E-state index < -0.39 is 6.36 Å². The molecule has 1 saturated heterocycles. The first-order valence-electron chi connectivity index (χ1n) is 10.9. The second kappa shape index (κ2) is 9.52. The summed E-state index contributed by atoms with van der Waals surface area (Å²) in [5.74, 6) is -0.235. The summed E-state index contributed by atoms with van der Waals surface area (Å²) in [7, 11) is 0. The molecule has 1 fully saturated rings. The van der Waals surface area contributed by atoms with Gasteiger partial charge in [0, 0.05) is 48.8 Å². The highest BCUT2D eigenvalue weighted by Gasteiger charge is 2.31. The van der Waals surface area contributed by atoms with Gasteiger partial charge in [0.25, 0.3) is 0 Å². The van der Waals surface area contributed by atoms with Gasteiger partial charge in [0.15, 0.2) is 0 Å². The number of halogens is 3. The number of aliphatic hydroxyl groups is 1. The predicted octanol–water partition coefficient (Wildman–Crippen LogP) is 4.51. The number of hydrogen-bond donors (Lipinski definition) is 2. The molecule has 0 unspecified atom stereocenters. The maximum atomic E-state index is 12.5. The predicted molar refractivity (Wildman–Crippen MR) is 118 cm³/mol. The van der Waals surface area contributed by atoms with Crippen molar-refractivity contribution in [2.24, 2.45) is 5.73 Å². The number of ether oxygens (including phenoxy) is 1. The van der Waals surface area contributed by atoms with Gasteiger partial charge in [-0.25, -0.2) is 0 Å². The molecule has 0 bridgehead atoms. The van der Waals surface area contributed by atoms with Crippen molar-refractivity contribution in [2.45, 2.75) is 44.8 Å². The molecule has 2 aromatic carbocycles. The van der Waals surface area contributed by atoms with E-state index in [1.807, 2.05) is 6.20 Å². The molecule has 8 heteroatoms. The molecule has 1 aliphatic heterocycles. The Labute approximate surface area is 185 Å². The van der Waals surface area contributed by atoms with Gasteiger partial charge in [0.2, 0.25) is 0 Å². The minimum atomic E-state index is -4.71. The van der Waals surface area contributed by atoms with E-state index >= 15 is 0 Å². The van der Waals surface area contributed by atoms with Crippen molar-refractivity contribution in [1.29, 1.82) is 0 Å². The van der Waals surface area contributed by atoms with Crippen LogP contribution in [-0.2, 0) is 13.1 Å². The molecule has 0 amide bonds. The van der Waals surface area contributed by atoms with E-state index in [4.69, 9.17) is 5.73 Å². The Hall–Kier alpha value is -2.55. The number of nitrogens with two attached hydrogens (primary N) is 1. The zero-order chi connectivity index (χ0) is 22.7. The molecule has 0 aliphatic carbocycles. The summed E-state index contributed by atoms with van der Waals surface area (Å²) in [6.45, 7) is 3.88. The lowest BCUT2D eigenvalue weighted by molar-refractivity contribution is -0.274. The minimum Gasteiger partial charge on any atom is -0.406 e. The molecule has 2 heterocycles. The van der Waals surface area contributed by atoms with Crippen LogP contribution >= 0.6 is 0 Å². The van der Waals surface area contributed by atoms with Crippen LogP contribution in [0.4, 0.5) is 13.2 Å². The molecule has 3 N–H and O–H groups in total. The van der Waals surface area contributed by atoms with Gasteiger partial charge in [0.1, 0.15) is 5.75 Å². The molecule has 3 aromatic rings. The van der Waals surface area contributed by atoms with Crippen molar-refractivity contribution >= 4 is 10.9 Å². The Morgan fingerprint density at radius 1 is 1.06 bits per heavy atom. The third-order valence-corrected chi connectivity index (χ3v) is 5.91. The Morgan fingerprint density at radius 2 is 1.78 bits per heavy atom. The highest BCUT2D eigenvalue weighted by Crippen LogP contribution is 2.34. The van der Waals surface area contributed by atoms with Crippen LogP contribution in [0.15, 0.2) is 48.7 Å². The number of hydrogen-bond acceptors (Lipinski definition) is 4. The first-order chi connectivity index (χ1) is 15.3. The summed E-state index contributed by atoms with van der Waals surface area (Å²) in [5, 5.41) is 10.8. The highest BCUT2D eigenvalue weighted by atomic mass is 19.4. The van der Waals surface area contributed by atoms with Gasteiger partial charge in [-0.1, -0.05) is 18.2 Å². The Balaban J connectivity index is 1.65. The molecule has 1 aliphatic rings. The fourth-order valence-corrected chi connectivity index (χ4v) is 4.29. The number of piperidine rings is 1. The van der Waals surface area contributed by atoms with Gasteiger partial charge in [-0.15, -0.1) is 13.2 Å². The zero-order valence-electron chi connectivity index (χ0n) is 17.8. The molecule has 0 spiro atoms. The molecule has 0 atom stereocenters. The molecule has 4 rings (SSSR count). The van der Waals surface area contributed by atoms with Crippen molar-refractivity contribution < 1.29 is 23.0 Å². The minimum absolute atomic E-state index is 0.207. The van der Waals surface area contributed by atoms with Gasteiger partial charge < -0.3 is 20.1 Å². The van der Waals surface area contributed by atoms with Gasteiger partial charge >= 0.3 is 6.36 Å². The number of aryl methyl sites for hydroxylation is 1. The number of alkyl halides is 3. The number of likely N-dealkylation sites (tertiary alicyclic amines) is 1. The quantitative estimate of drug-likeness (QED) is 0.559. The molecular formula is C24H28F3N3O2. The second-order valence-corrected chi connectivity index (χ2v) is 8.31. The summed E-state index contributed by atoms with van der Waals surface area (Å²) < 4.78 is 43.7. The van der Waals surface area contributed by atoms with Gasteiger partial charge in [0.05, 0.1) is 6.10 Å². The molecule has 1 aromatic heterocycles. The Bertz CT molecular complexity index is 1040. The van der Waals surface area contributed by atoms with Crippen LogP contribution in [-0.4, -0.2) is 46.7 Å². The number of nitrogens with zero attached hydrogens (tertiary/aromatic N) is 2. The van der Waals surface area contributed by atoms with Gasteiger partial charge in [-0.3, -0.25) is 4.90 Å². The van der Waals surface area contributed by atoms with Gasteiger partial charge in [-0.05, 0) is 61.2 Å². The van der Waals surface area contributed by atoms with Crippen molar-refractivity contribution in [1.82, 2.24) is 9.47 Å². The lowest BCUT2D eigenvalue weighted by atomic mass is 10.0. The van der Waals surface area contributed by atoms with Gasteiger partial charge in [-0.2, -0.15) is 0 Å². The zero-order valence-corrected chi connectivity index (χ0v) is 17.8. The topological polar surface area (TPSA) is 63.7 Å². The molecular weight excluding hydrogens is 419 g/mol. The number of fused-ring (bicyclic) bond motifs is 1. The Morgan fingerprint density at radius 3 is 2.44 bits per heavy atom. The van der Waals surface area contributed by atoms with Crippen LogP contribution in [0.25, 0.3) is 22.0 Å². The fraction of sp³-hybridized carbons (Fsp3) is 0.417. The third-order valence-electron chi connectivity index (χ3n) is 5.91. The second-order valence-electron chi connectivity index (χ2n) is 8.31. The summed E-state index contributed by atoms with van der Waals surface area (Å²) in [6.07, 6.45) is -0.467. The van der Waals surface area contributed by atoms with Crippen LogP contribution in [0, 0.1) is 0 Å². The summed E-state index contributed by atoms with van der Waals surface area (Å²) >= 11 is 0. The normalized spacial score (nSPS) is 16.0. The molecule has 0 saturated carbocycles. The van der Waals surface area contributed by atoms with Crippen molar-refractivity contribution in [3.05, 3.63) is 54.2 Å². The standard InChI is InChI=1S/C24H28F3N3O2/c25-24(26,27)32-20-5-3-18(4-6-20)22-16-30(11-1-10-28)23-7-2-17(14-21(22)23)15-29-12-8-19(31)9-13-29/h2-7,14,16,19,31H,1,8-13,15,28H2. The molecule has 0 radical (unpaired) electrons. The largest absolute Gasteiger partial charge is 0.573 e. The fourth-order valence-electron chi connectivity index (χ4n) is 4.29. The average molecular weight is 448 g/mol. The molecule has 32 heavy (non-hydrogen) atoms. The van der Waals surface area contributed by atoms with Crippen molar-refractivity contribution in [2.75, 3.05) is 19.6 Å². The van der Waals surface area contributed by atoms with Crippen molar-refractivity contribution in [3.8, 4) is 16.9 Å². The van der Waals surface area contributed by atoms with E-state index in [2.05, 4.69) is 32.4 Å². The number of aromatic nitrogens is 1. The van der Waals surface area contributed by atoms with E-state index in [0.29, 0.717) is 6.54 Å². The van der Waals surface area contributed by atoms with Crippen molar-refractivity contribution in [3.63, 3.8) is 0 Å². The lowest BCUT2D eigenvalue weighted by Crippen LogP contribution is -2.35. The van der Waals surface area contributed by atoms with Crippen LogP contribution < -0.4 is 10.5 Å². The number of benzene rings is 2. The monoisotopic (exact) mass is 447 g/mol. The average Bonchev–Trinajstić information content (AvgIpc) is 3.11. The van der Waals surface area contributed by atoms with E-state index in [1.165, 1.54) is 17.7 Å². The summed E-state index contributed by atoms with van der Waals surface area (Å²) in [6, 6.07) is 12.4. The smallest absolute Gasteiger partial charge is 0.406 e. The third kappa shape index (κ3) is 5.43. The molecule has 172 valence electrons. The van der Waals surface area contributed by atoms with E-state index in [1.54, 1.807) is 12.1 Å². The maximum absolute atomic E-state index is 12.5. The first kappa shape index (κ1) is 22.6. The summed E-state index contributed by atoms with van der Waals surface area (Å²) in [5.41, 5.74) is 9.73. The summed E-state index contributed by atoms with van der Waals surface area (Å²) in [4.78, 5) is 2.34. The van der Waals surface area contributed by atoms with E-state index in [9.17, 15) is 18.3 Å². The van der Waals surface area contributed by atoms with E-state index in [-0.39, 0.29) is 11.9 Å². The van der Waals surface area contributed by atoms with Crippen LogP contribution in [0.1, 0.15) is 24.8 Å². The first-order valence-corrected chi connectivity index (χ1v) is 10.9. The van der Waals surface area contributed by atoms with E-state index in [0.717, 1.165) is 67.5 Å². The van der Waals surface area contributed by atoms with Crippen LogP contribution in [0.3, 0.4) is 0 Å². The van der Waals surface area contributed by atoms with Crippen LogP contribution in [0.2, 0.25) is 0 Å². The number of rotatable bonds is 7. The number of aliphatic hydroxyl groups excluding tert-OH is 1. The maximum Gasteiger partial charge on any atom is 0.573 e. The highest BCUT2D eigenvalue weighted by molar-refractivity contribution is 5.96.